The van der Waals surface area contributed by atoms with Crippen LogP contribution in [0.4, 0.5) is 0 Å². The molecule has 0 atom stereocenters. The van der Waals surface area contributed by atoms with Crippen LogP contribution in [0.2, 0.25) is 0 Å². The van der Waals surface area contributed by atoms with Crippen LogP contribution in [0.25, 0.3) is 0 Å². The third-order valence-electron chi connectivity index (χ3n) is 5.78. The van der Waals surface area contributed by atoms with Crippen LogP contribution in [-0.2, 0) is 26.0 Å². The summed E-state index contributed by atoms with van der Waals surface area (Å²) in [5.41, 5.74) is 3.02. The molecular weight excluding hydrogens is 464 g/mol. The minimum absolute atomic E-state index is 0.189. The molecule has 4 N–H and O–H groups in total. The van der Waals surface area contributed by atoms with Crippen molar-refractivity contribution in [2.24, 2.45) is 10.3 Å². The smallest absolute Gasteiger partial charge is 0.371 e. The molecule has 2 aromatic rings. The van der Waals surface area contributed by atoms with E-state index < -0.39 is 20.6 Å². The van der Waals surface area contributed by atoms with E-state index in [9.17, 15) is 16.8 Å². The zero-order valence-corrected chi connectivity index (χ0v) is 21.3. The summed E-state index contributed by atoms with van der Waals surface area (Å²) in [4.78, 5) is 0. The van der Waals surface area contributed by atoms with Gasteiger partial charge in [0.25, 0.3) is 0 Å². The molecule has 0 saturated heterocycles. The zero-order chi connectivity index (χ0) is 24.9. The Morgan fingerprint density at radius 3 is 1.36 bits per heavy atom. The molecule has 0 fully saturated rings. The first-order chi connectivity index (χ1) is 15.3. The first kappa shape index (κ1) is 27.1. The Balaban J connectivity index is 2.66. The second-order valence-electron chi connectivity index (χ2n) is 8.40. The van der Waals surface area contributed by atoms with Crippen molar-refractivity contribution in [3.8, 4) is 11.5 Å². The molecule has 10 heteroatoms. The largest absolute Gasteiger partial charge is 0.380 e. The SMILES string of the molecule is CCCCC(CCCC)(c1ccc(OS(N)(=O)=O)c(C)c1)c1ccc(OS(N)(=O)=O)c(C)c1. The van der Waals surface area contributed by atoms with E-state index in [-0.39, 0.29) is 16.9 Å². The van der Waals surface area contributed by atoms with Crippen LogP contribution in [0.5, 0.6) is 11.5 Å². The Hall–Kier alpha value is -2.14. The van der Waals surface area contributed by atoms with E-state index in [0.717, 1.165) is 49.7 Å². The molecule has 8 nitrogen and oxygen atoms in total. The summed E-state index contributed by atoms with van der Waals surface area (Å²) in [6.45, 7) is 7.83. The van der Waals surface area contributed by atoms with E-state index in [1.807, 2.05) is 24.3 Å². The van der Waals surface area contributed by atoms with E-state index in [4.69, 9.17) is 18.6 Å². The maximum absolute atomic E-state index is 11.4. The number of hydrogen-bond donors (Lipinski definition) is 2. The second-order valence-corrected chi connectivity index (χ2v) is 10.7. The van der Waals surface area contributed by atoms with Gasteiger partial charge in [-0.3, -0.25) is 0 Å². The standard InChI is InChI=1S/C23H34N2O6S2/c1-5-7-13-23(14-8-6-2,19-9-11-21(17(3)15-19)30-32(24,26)27)20-10-12-22(18(4)16-20)31-33(25,28)29/h9-12,15-16H,5-8,13-14H2,1-4H3,(H2,24,26,27)(H2,25,28,29). The van der Waals surface area contributed by atoms with E-state index in [0.29, 0.717) is 11.1 Å². The van der Waals surface area contributed by atoms with Crippen LogP contribution in [0.15, 0.2) is 36.4 Å². The van der Waals surface area contributed by atoms with Gasteiger partial charge in [0.1, 0.15) is 11.5 Å². The zero-order valence-electron chi connectivity index (χ0n) is 19.6. The van der Waals surface area contributed by atoms with Crippen LogP contribution in [0.3, 0.4) is 0 Å². The van der Waals surface area contributed by atoms with E-state index in [2.05, 4.69) is 13.8 Å². The average molecular weight is 499 g/mol. The second kappa shape index (κ2) is 10.9. The Bertz CT molecular complexity index is 1080. The molecule has 0 spiro atoms. The van der Waals surface area contributed by atoms with E-state index in [1.165, 1.54) is 0 Å². The van der Waals surface area contributed by atoms with Crippen molar-refractivity contribution in [1.29, 1.82) is 0 Å². The minimum atomic E-state index is -4.13. The van der Waals surface area contributed by atoms with Gasteiger partial charge in [0.05, 0.1) is 0 Å². The number of benzene rings is 2. The lowest BCUT2D eigenvalue weighted by Gasteiger charge is -2.36. The molecular formula is C23H34N2O6S2. The molecule has 0 aliphatic heterocycles. The van der Waals surface area contributed by atoms with Gasteiger partial charge in [-0.2, -0.15) is 27.1 Å². The van der Waals surface area contributed by atoms with Gasteiger partial charge < -0.3 is 8.37 Å². The topological polar surface area (TPSA) is 139 Å². The Kier molecular flexibility index (Phi) is 8.92. The van der Waals surface area contributed by atoms with Gasteiger partial charge in [0.15, 0.2) is 0 Å². The highest BCUT2D eigenvalue weighted by Crippen LogP contribution is 2.44. The summed E-state index contributed by atoms with van der Waals surface area (Å²) in [6, 6.07) is 10.9. The third-order valence-corrected chi connectivity index (χ3v) is 6.60. The van der Waals surface area contributed by atoms with E-state index in [1.54, 1.807) is 26.0 Å². The highest BCUT2D eigenvalue weighted by atomic mass is 32.2. The number of rotatable bonds is 12. The molecule has 0 aliphatic rings. The van der Waals surface area contributed by atoms with Crippen molar-refractivity contribution in [1.82, 2.24) is 0 Å². The van der Waals surface area contributed by atoms with Crippen molar-refractivity contribution >= 4 is 20.6 Å². The fourth-order valence-corrected chi connectivity index (χ4v) is 5.03. The lowest BCUT2D eigenvalue weighted by Crippen LogP contribution is -2.29. The summed E-state index contributed by atoms with van der Waals surface area (Å²) in [5, 5.41) is 10.1. The predicted molar refractivity (Wildman–Crippen MR) is 130 cm³/mol. The van der Waals surface area contributed by atoms with Crippen LogP contribution in [-0.4, -0.2) is 16.8 Å². The van der Waals surface area contributed by atoms with Crippen molar-refractivity contribution in [3.05, 3.63) is 58.7 Å². The summed E-state index contributed by atoms with van der Waals surface area (Å²) >= 11 is 0. The molecule has 0 bridgehead atoms. The fourth-order valence-electron chi connectivity index (χ4n) is 4.16. The summed E-state index contributed by atoms with van der Waals surface area (Å²) in [7, 11) is -8.25. The number of nitrogens with two attached hydrogens (primary N) is 2. The predicted octanol–water partition coefficient (Wildman–Crippen LogP) is 4.13. The Morgan fingerprint density at radius 1 is 0.727 bits per heavy atom. The molecule has 2 aromatic carbocycles. The van der Waals surface area contributed by atoms with Crippen LogP contribution >= 0.6 is 0 Å². The Labute approximate surface area is 197 Å². The summed E-state index contributed by atoms with van der Waals surface area (Å²) < 4.78 is 55.4. The molecule has 0 aromatic heterocycles. The monoisotopic (exact) mass is 498 g/mol. The van der Waals surface area contributed by atoms with Crippen molar-refractivity contribution in [2.45, 2.75) is 71.6 Å². The molecule has 0 saturated carbocycles. The quantitative estimate of drug-likeness (QED) is 0.451. The van der Waals surface area contributed by atoms with Crippen molar-refractivity contribution in [3.63, 3.8) is 0 Å². The maximum Gasteiger partial charge on any atom is 0.380 e. The normalized spacial score (nSPS) is 12.5. The van der Waals surface area contributed by atoms with Gasteiger partial charge in [-0.25, -0.2) is 0 Å². The number of unbranched alkanes of at least 4 members (excludes halogenated alkanes) is 2. The fraction of sp³-hybridized carbons (Fsp3) is 0.478. The molecule has 0 heterocycles. The third kappa shape index (κ3) is 7.43. The summed E-state index contributed by atoms with van der Waals surface area (Å²) in [5.74, 6) is 0.378. The number of aryl methyl sites for hydroxylation is 2. The molecule has 0 unspecified atom stereocenters. The highest BCUT2D eigenvalue weighted by Gasteiger charge is 2.34. The van der Waals surface area contributed by atoms with Crippen molar-refractivity contribution in [2.75, 3.05) is 0 Å². The molecule has 33 heavy (non-hydrogen) atoms. The van der Waals surface area contributed by atoms with Gasteiger partial charge in [-0.15, -0.1) is 0 Å². The molecule has 0 radical (unpaired) electrons. The number of hydrogen-bond acceptors (Lipinski definition) is 6. The van der Waals surface area contributed by atoms with Crippen LogP contribution < -0.4 is 18.6 Å². The van der Waals surface area contributed by atoms with Crippen LogP contribution in [0, 0.1) is 13.8 Å². The first-order valence-electron chi connectivity index (χ1n) is 11.0. The first-order valence-corrected chi connectivity index (χ1v) is 13.9. The molecule has 0 amide bonds. The highest BCUT2D eigenvalue weighted by molar-refractivity contribution is 7.85. The molecule has 2 rings (SSSR count). The Morgan fingerprint density at radius 2 is 1.09 bits per heavy atom. The van der Waals surface area contributed by atoms with E-state index >= 15 is 0 Å². The van der Waals surface area contributed by atoms with Gasteiger partial charge in [0.2, 0.25) is 0 Å². The van der Waals surface area contributed by atoms with Gasteiger partial charge >= 0.3 is 20.6 Å². The minimum Gasteiger partial charge on any atom is -0.371 e. The lowest BCUT2D eigenvalue weighted by atomic mass is 9.67. The molecule has 184 valence electrons. The summed E-state index contributed by atoms with van der Waals surface area (Å²) in [6.07, 6.45) is 5.70. The molecule has 0 aliphatic carbocycles. The average Bonchev–Trinajstić information content (AvgIpc) is 2.70. The van der Waals surface area contributed by atoms with Gasteiger partial charge in [-0.05, 0) is 61.1 Å². The maximum atomic E-state index is 11.4. The lowest BCUT2D eigenvalue weighted by molar-refractivity contribution is 0.404. The van der Waals surface area contributed by atoms with Crippen molar-refractivity contribution < 1.29 is 25.2 Å². The van der Waals surface area contributed by atoms with Crippen LogP contribution in [0.1, 0.15) is 74.6 Å². The van der Waals surface area contributed by atoms with Gasteiger partial charge in [0, 0.05) is 5.41 Å². The van der Waals surface area contributed by atoms with Gasteiger partial charge in [-0.1, -0.05) is 63.8 Å².